The van der Waals surface area contributed by atoms with Crippen molar-refractivity contribution in [3.8, 4) is 5.69 Å². The predicted octanol–water partition coefficient (Wildman–Crippen LogP) is 2.01. The Morgan fingerprint density at radius 1 is 1.38 bits per heavy atom. The lowest BCUT2D eigenvalue weighted by Gasteiger charge is -2.15. The van der Waals surface area contributed by atoms with Crippen molar-refractivity contribution in [2.24, 2.45) is 0 Å². The van der Waals surface area contributed by atoms with E-state index < -0.39 is 17.5 Å². The fourth-order valence-corrected chi connectivity index (χ4v) is 2.31. The third kappa shape index (κ3) is 3.16. The Bertz CT molecular complexity index is 753. The largest absolute Gasteiger partial charge is 0.481 e. The summed E-state index contributed by atoms with van der Waals surface area (Å²) in [4.78, 5) is 26.7. The van der Waals surface area contributed by atoms with Gasteiger partial charge >= 0.3 is 11.7 Å². The Labute approximate surface area is 120 Å². The fourth-order valence-electron chi connectivity index (χ4n) is 2.31. The highest BCUT2D eigenvalue weighted by molar-refractivity contribution is 5.67. The summed E-state index contributed by atoms with van der Waals surface area (Å²) < 4.78 is 14.6. The molecule has 2 aromatic rings. The zero-order valence-electron chi connectivity index (χ0n) is 11.8. The van der Waals surface area contributed by atoms with Gasteiger partial charge in [-0.05, 0) is 44.0 Å². The van der Waals surface area contributed by atoms with Gasteiger partial charge in [-0.3, -0.25) is 9.36 Å². The van der Waals surface area contributed by atoms with Gasteiger partial charge in [-0.2, -0.15) is 4.98 Å². The second kappa shape index (κ2) is 5.87. The molecule has 2 rings (SSSR count). The van der Waals surface area contributed by atoms with Crippen LogP contribution >= 0.6 is 0 Å². The standard InChI is InChI=1S/C15H15FN2O3/c1-9-13(6-7-14(19)20)10(2)18(15(21)17-9)12-5-3-4-11(16)8-12/h3-5,8H,6-7H2,1-2H3,(H,19,20). The van der Waals surface area contributed by atoms with Crippen LogP contribution in [0.2, 0.25) is 0 Å². The summed E-state index contributed by atoms with van der Waals surface area (Å²) in [6.07, 6.45) is 0.223. The molecule has 0 aliphatic rings. The van der Waals surface area contributed by atoms with Gasteiger partial charge in [-0.1, -0.05) is 6.07 Å². The molecule has 0 bridgehead atoms. The fraction of sp³-hybridized carbons (Fsp3) is 0.267. The van der Waals surface area contributed by atoms with E-state index in [0.717, 1.165) is 0 Å². The predicted molar refractivity (Wildman–Crippen MR) is 75.2 cm³/mol. The number of halogens is 1. The van der Waals surface area contributed by atoms with Crippen molar-refractivity contribution in [1.29, 1.82) is 0 Å². The van der Waals surface area contributed by atoms with Gasteiger partial charge in [0.15, 0.2) is 0 Å². The number of benzene rings is 1. The van der Waals surface area contributed by atoms with Crippen LogP contribution in [0, 0.1) is 19.7 Å². The van der Waals surface area contributed by atoms with Gasteiger partial charge in [0.2, 0.25) is 0 Å². The number of carbonyl (C=O) groups is 1. The molecule has 0 fully saturated rings. The Morgan fingerprint density at radius 2 is 2.10 bits per heavy atom. The topological polar surface area (TPSA) is 72.2 Å². The molecule has 110 valence electrons. The molecule has 0 amide bonds. The molecule has 0 saturated heterocycles. The Kier molecular flexibility index (Phi) is 4.16. The molecule has 0 radical (unpaired) electrons. The molecule has 1 N–H and O–H groups in total. The number of aryl methyl sites for hydroxylation is 1. The zero-order valence-corrected chi connectivity index (χ0v) is 11.8. The molecule has 0 saturated carbocycles. The molecular formula is C15H15FN2O3. The highest BCUT2D eigenvalue weighted by Gasteiger charge is 2.14. The average molecular weight is 290 g/mol. The molecule has 0 unspecified atom stereocenters. The van der Waals surface area contributed by atoms with Crippen molar-refractivity contribution in [1.82, 2.24) is 9.55 Å². The molecule has 1 heterocycles. The summed E-state index contributed by atoms with van der Waals surface area (Å²) in [5.41, 5.74) is 1.66. The minimum Gasteiger partial charge on any atom is -0.481 e. The van der Waals surface area contributed by atoms with E-state index in [1.165, 1.54) is 22.8 Å². The van der Waals surface area contributed by atoms with E-state index in [1.54, 1.807) is 19.9 Å². The Hall–Kier alpha value is -2.50. The normalized spacial score (nSPS) is 10.6. The number of aliphatic carboxylic acids is 1. The number of carboxylic acids is 1. The van der Waals surface area contributed by atoms with E-state index in [9.17, 15) is 14.0 Å². The summed E-state index contributed by atoms with van der Waals surface area (Å²) in [5, 5.41) is 8.80. The third-order valence-electron chi connectivity index (χ3n) is 3.32. The summed E-state index contributed by atoms with van der Waals surface area (Å²) in [5.74, 6) is -1.37. The van der Waals surface area contributed by atoms with Crippen LogP contribution in [-0.4, -0.2) is 20.6 Å². The maximum Gasteiger partial charge on any atom is 0.352 e. The number of aromatic nitrogens is 2. The summed E-state index contributed by atoms with van der Waals surface area (Å²) >= 11 is 0. The first-order valence-electron chi connectivity index (χ1n) is 6.47. The number of hydrogen-bond acceptors (Lipinski definition) is 3. The van der Waals surface area contributed by atoms with E-state index in [0.29, 0.717) is 22.6 Å². The SMILES string of the molecule is Cc1nc(=O)n(-c2cccc(F)c2)c(C)c1CCC(=O)O. The van der Waals surface area contributed by atoms with E-state index in [4.69, 9.17) is 5.11 Å². The molecule has 5 nitrogen and oxygen atoms in total. The second-order valence-electron chi connectivity index (χ2n) is 4.75. The van der Waals surface area contributed by atoms with Gasteiger partial charge in [0, 0.05) is 17.8 Å². The van der Waals surface area contributed by atoms with E-state index in [-0.39, 0.29) is 12.8 Å². The molecule has 0 aliphatic heterocycles. The maximum atomic E-state index is 13.3. The van der Waals surface area contributed by atoms with E-state index >= 15 is 0 Å². The quantitative estimate of drug-likeness (QED) is 0.935. The van der Waals surface area contributed by atoms with Gasteiger partial charge in [-0.15, -0.1) is 0 Å². The first-order chi connectivity index (χ1) is 9.90. The lowest BCUT2D eigenvalue weighted by molar-refractivity contribution is -0.136. The lowest BCUT2D eigenvalue weighted by atomic mass is 10.1. The van der Waals surface area contributed by atoms with Crippen LogP contribution < -0.4 is 5.69 Å². The number of rotatable bonds is 4. The molecule has 1 aromatic carbocycles. The van der Waals surface area contributed by atoms with Gasteiger partial charge in [0.1, 0.15) is 5.82 Å². The van der Waals surface area contributed by atoms with Crippen molar-refractivity contribution in [2.75, 3.05) is 0 Å². The highest BCUT2D eigenvalue weighted by Crippen LogP contribution is 2.16. The van der Waals surface area contributed by atoms with E-state index in [2.05, 4.69) is 4.98 Å². The summed E-state index contributed by atoms with van der Waals surface area (Å²) in [7, 11) is 0. The minimum atomic E-state index is -0.919. The van der Waals surface area contributed by atoms with Crippen LogP contribution in [0.5, 0.6) is 0 Å². The lowest BCUT2D eigenvalue weighted by Crippen LogP contribution is -2.26. The van der Waals surface area contributed by atoms with E-state index in [1.807, 2.05) is 0 Å². The first kappa shape index (κ1) is 14.9. The molecule has 21 heavy (non-hydrogen) atoms. The molecule has 0 spiro atoms. The minimum absolute atomic E-state index is 0.0509. The van der Waals surface area contributed by atoms with Gasteiger partial charge < -0.3 is 5.11 Å². The van der Waals surface area contributed by atoms with Gasteiger partial charge in [-0.25, -0.2) is 9.18 Å². The van der Waals surface area contributed by atoms with Crippen molar-refractivity contribution in [3.05, 3.63) is 57.5 Å². The van der Waals surface area contributed by atoms with Gasteiger partial charge in [0.05, 0.1) is 5.69 Å². The smallest absolute Gasteiger partial charge is 0.352 e. The Balaban J connectivity index is 2.59. The molecule has 0 atom stereocenters. The van der Waals surface area contributed by atoms with Crippen molar-refractivity contribution in [3.63, 3.8) is 0 Å². The summed E-state index contributed by atoms with van der Waals surface area (Å²) in [6.45, 7) is 3.37. The van der Waals surface area contributed by atoms with Crippen molar-refractivity contribution < 1.29 is 14.3 Å². The first-order valence-corrected chi connectivity index (χ1v) is 6.47. The monoisotopic (exact) mass is 290 g/mol. The van der Waals surface area contributed by atoms with Crippen LogP contribution in [0.4, 0.5) is 4.39 Å². The van der Waals surface area contributed by atoms with Crippen LogP contribution in [0.25, 0.3) is 5.69 Å². The number of hydrogen-bond donors (Lipinski definition) is 1. The van der Waals surface area contributed by atoms with Crippen LogP contribution in [0.1, 0.15) is 23.4 Å². The second-order valence-corrected chi connectivity index (χ2v) is 4.75. The zero-order chi connectivity index (χ0) is 15.6. The van der Waals surface area contributed by atoms with Crippen LogP contribution in [0.3, 0.4) is 0 Å². The molecule has 1 aromatic heterocycles. The number of nitrogens with zero attached hydrogens (tertiary/aromatic N) is 2. The van der Waals surface area contributed by atoms with Crippen LogP contribution in [-0.2, 0) is 11.2 Å². The average Bonchev–Trinajstić information content (AvgIpc) is 2.37. The Morgan fingerprint density at radius 3 is 2.71 bits per heavy atom. The van der Waals surface area contributed by atoms with Crippen molar-refractivity contribution in [2.45, 2.75) is 26.7 Å². The summed E-state index contributed by atoms with van der Waals surface area (Å²) in [6, 6.07) is 5.64. The van der Waals surface area contributed by atoms with Gasteiger partial charge in [0.25, 0.3) is 0 Å². The molecular weight excluding hydrogens is 275 g/mol. The third-order valence-corrected chi connectivity index (χ3v) is 3.32. The maximum absolute atomic E-state index is 13.3. The molecule has 6 heteroatoms. The van der Waals surface area contributed by atoms with Crippen molar-refractivity contribution >= 4 is 5.97 Å². The highest BCUT2D eigenvalue weighted by atomic mass is 19.1. The molecule has 0 aliphatic carbocycles. The number of carboxylic acid groups (broad SMARTS) is 1. The van der Waals surface area contributed by atoms with Crippen LogP contribution in [0.15, 0.2) is 29.1 Å².